The molecule has 0 radical (unpaired) electrons. The van der Waals surface area contributed by atoms with E-state index in [1.165, 1.54) is 16.7 Å². The fourth-order valence-electron chi connectivity index (χ4n) is 5.15. The number of rotatable bonds is 7. The van der Waals surface area contributed by atoms with Crippen LogP contribution in [0.15, 0.2) is 29.1 Å². The molecule has 3 aromatic rings. The van der Waals surface area contributed by atoms with Gasteiger partial charge in [0.1, 0.15) is 34.8 Å². The number of pyridine rings is 1. The Kier molecular flexibility index (Phi) is 7.18. The Labute approximate surface area is 223 Å². The van der Waals surface area contributed by atoms with Crippen molar-refractivity contribution in [3.63, 3.8) is 0 Å². The lowest BCUT2D eigenvalue weighted by Gasteiger charge is -2.42. The van der Waals surface area contributed by atoms with Gasteiger partial charge in [0.05, 0.1) is 47.3 Å². The van der Waals surface area contributed by atoms with E-state index in [9.17, 15) is 26.4 Å². The molecule has 2 aromatic heterocycles. The molecule has 0 unspecified atom stereocenters. The number of sulfone groups is 1. The largest absolute Gasteiger partial charge is 0.376 e. The highest BCUT2D eigenvalue weighted by atomic mass is 32.2. The molecule has 0 saturated carbocycles. The molecule has 13 heteroatoms. The average Bonchev–Trinajstić information content (AvgIpc) is 2.85. The lowest BCUT2D eigenvalue weighted by Crippen LogP contribution is -2.50. The maximum absolute atomic E-state index is 14.9. The predicted octanol–water partition coefficient (Wildman–Crippen LogP) is 3.71. The predicted molar refractivity (Wildman–Crippen MR) is 138 cm³/mol. The van der Waals surface area contributed by atoms with Gasteiger partial charge in [0.25, 0.3) is 12.0 Å². The number of benzene rings is 1. The van der Waals surface area contributed by atoms with Crippen LogP contribution in [0.1, 0.15) is 54.7 Å². The first-order valence-electron chi connectivity index (χ1n) is 12.6. The van der Waals surface area contributed by atoms with Gasteiger partial charge in [-0.05, 0) is 32.8 Å². The fraction of sp³-hybridized carbons (Fsp3) is 0.500. The summed E-state index contributed by atoms with van der Waals surface area (Å²) in [6.45, 7) is 3.95. The van der Waals surface area contributed by atoms with Crippen molar-refractivity contribution in [1.29, 1.82) is 0 Å². The van der Waals surface area contributed by atoms with Crippen LogP contribution in [0.4, 0.5) is 19.0 Å². The topological polar surface area (TPSA) is 112 Å². The number of aryl methyl sites for hydroxylation is 2. The lowest BCUT2D eigenvalue weighted by atomic mass is 9.87. The molecule has 1 N–H and O–H groups in total. The Hall–Kier alpha value is -3.03. The van der Waals surface area contributed by atoms with Crippen LogP contribution >= 0.6 is 0 Å². The summed E-state index contributed by atoms with van der Waals surface area (Å²) in [5, 5.41) is 3.53. The van der Waals surface area contributed by atoms with Crippen molar-refractivity contribution in [2.24, 2.45) is 7.05 Å². The maximum atomic E-state index is 14.9. The first kappa shape index (κ1) is 27.5. The molecule has 4 heterocycles. The number of fused-ring (bicyclic) bond motifs is 1. The van der Waals surface area contributed by atoms with Crippen molar-refractivity contribution in [3.8, 4) is 0 Å². The smallest absolute Gasteiger partial charge is 0.266 e. The number of ether oxygens (including phenoxy) is 2. The van der Waals surface area contributed by atoms with Crippen LogP contribution in [0.3, 0.4) is 0 Å². The summed E-state index contributed by atoms with van der Waals surface area (Å²) < 4.78 is 79.0. The molecule has 0 bridgehead atoms. The first-order valence-corrected chi connectivity index (χ1v) is 14.4. The zero-order valence-electron chi connectivity index (χ0n) is 21.7. The average molecular weight is 567 g/mol. The second kappa shape index (κ2) is 10.2. The molecule has 0 spiro atoms. The number of nitrogens with one attached hydrogen (secondary N) is 1. The van der Waals surface area contributed by atoms with Gasteiger partial charge in [-0.25, -0.2) is 31.6 Å². The molecule has 1 aromatic carbocycles. The third-order valence-corrected chi connectivity index (χ3v) is 9.07. The normalized spacial score (nSPS) is 19.7. The highest BCUT2D eigenvalue weighted by molar-refractivity contribution is 7.91. The van der Waals surface area contributed by atoms with Crippen LogP contribution < -0.4 is 10.9 Å². The molecule has 1 atom stereocenters. The lowest BCUT2D eigenvalue weighted by molar-refractivity contribution is -0.200. The van der Waals surface area contributed by atoms with E-state index in [4.69, 9.17) is 9.47 Å². The minimum absolute atomic E-state index is 0.0320. The molecule has 0 aliphatic carbocycles. The summed E-state index contributed by atoms with van der Waals surface area (Å²) >= 11 is 0. The minimum atomic E-state index is -3.27. The van der Waals surface area contributed by atoms with Crippen LogP contribution in [-0.4, -0.2) is 53.8 Å². The van der Waals surface area contributed by atoms with E-state index in [0.29, 0.717) is 30.1 Å². The van der Waals surface area contributed by atoms with Crippen LogP contribution in [0.5, 0.6) is 0 Å². The highest BCUT2D eigenvalue weighted by Gasteiger charge is 2.45. The van der Waals surface area contributed by atoms with Crippen LogP contribution in [-0.2, 0) is 32.0 Å². The third-order valence-electron chi connectivity index (χ3n) is 7.42. The van der Waals surface area contributed by atoms with Crippen molar-refractivity contribution in [2.75, 3.05) is 30.0 Å². The monoisotopic (exact) mass is 566 g/mol. The van der Waals surface area contributed by atoms with E-state index >= 15 is 0 Å². The molecule has 2 aliphatic rings. The van der Waals surface area contributed by atoms with E-state index in [0.717, 1.165) is 6.07 Å². The Bertz CT molecular complexity index is 1580. The fourth-order valence-corrected chi connectivity index (χ4v) is 6.63. The molecule has 2 aliphatic heterocycles. The minimum Gasteiger partial charge on any atom is -0.376 e. The zero-order valence-corrected chi connectivity index (χ0v) is 22.5. The van der Waals surface area contributed by atoms with Gasteiger partial charge in [0.2, 0.25) is 0 Å². The van der Waals surface area contributed by atoms with E-state index in [-0.39, 0.29) is 53.0 Å². The molecule has 9 nitrogen and oxygen atoms in total. The van der Waals surface area contributed by atoms with Crippen molar-refractivity contribution in [1.82, 2.24) is 14.5 Å². The number of hydrogen-bond acceptors (Lipinski definition) is 8. The molecule has 5 rings (SSSR count). The first-order chi connectivity index (χ1) is 18.4. The molecule has 39 heavy (non-hydrogen) atoms. The Morgan fingerprint density at radius 3 is 2.46 bits per heavy atom. The number of aromatic nitrogens is 3. The Morgan fingerprint density at radius 1 is 1.18 bits per heavy atom. The van der Waals surface area contributed by atoms with Crippen molar-refractivity contribution in [2.45, 2.75) is 50.9 Å². The summed E-state index contributed by atoms with van der Waals surface area (Å²) in [6.07, 6.45) is -3.04. The van der Waals surface area contributed by atoms with Gasteiger partial charge in [0.15, 0.2) is 9.84 Å². The van der Waals surface area contributed by atoms with Gasteiger partial charge in [0, 0.05) is 12.6 Å². The summed E-state index contributed by atoms with van der Waals surface area (Å²) in [4.78, 5) is 22.6. The van der Waals surface area contributed by atoms with Crippen molar-refractivity contribution < 1.29 is 31.1 Å². The SMILES string of the molecule is Cc1nc(N[C@H](C)c2cccc(C(F)F)c2F)c2cc(C3(OC4COC4)CCS(=O)(=O)CC3)c(=O)n(C)c2n1. The molecule has 0 amide bonds. The number of nitrogens with zero attached hydrogens (tertiary/aromatic N) is 3. The van der Waals surface area contributed by atoms with Gasteiger partial charge in [-0.15, -0.1) is 0 Å². The standard InChI is InChI=1S/C26H29F3N4O5S/c1-14(17-5-4-6-18(21(17)27)22(28)29)30-23-19-11-20(25(34)33(3)24(19)32-15(2)31-23)26(38-16-12-37-13-16)7-9-39(35,36)10-8-26/h4-6,11,14,16,22H,7-10,12-13H2,1-3H3,(H,30,31,32)/t14-/m1/s1. The number of anilines is 1. The quantitative estimate of drug-likeness (QED) is 0.461. The zero-order chi connectivity index (χ0) is 28.1. The summed E-state index contributed by atoms with van der Waals surface area (Å²) in [5.41, 5.74) is -1.62. The Morgan fingerprint density at radius 2 is 1.85 bits per heavy atom. The highest BCUT2D eigenvalue weighted by Crippen LogP contribution is 2.40. The van der Waals surface area contributed by atoms with Gasteiger partial charge in [-0.1, -0.05) is 18.2 Å². The van der Waals surface area contributed by atoms with Crippen molar-refractivity contribution >= 4 is 26.7 Å². The summed E-state index contributed by atoms with van der Waals surface area (Å²) in [5.74, 6) is -0.659. The van der Waals surface area contributed by atoms with E-state index in [1.54, 1.807) is 27.0 Å². The Balaban J connectivity index is 1.62. The second-order valence-electron chi connectivity index (χ2n) is 10.1. The van der Waals surface area contributed by atoms with E-state index < -0.39 is 39.3 Å². The van der Waals surface area contributed by atoms with Gasteiger partial charge in [-0.2, -0.15) is 0 Å². The van der Waals surface area contributed by atoms with E-state index in [1.807, 2.05) is 0 Å². The van der Waals surface area contributed by atoms with Gasteiger partial charge in [-0.3, -0.25) is 9.36 Å². The molecule has 2 saturated heterocycles. The molecular formula is C26H29F3N4O5S. The molecular weight excluding hydrogens is 537 g/mol. The summed E-state index contributed by atoms with van der Waals surface area (Å²) in [6, 6.07) is 4.67. The van der Waals surface area contributed by atoms with E-state index in [2.05, 4.69) is 15.3 Å². The van der Waals surface area contributed by atoms with Crippen molar-refractivity contribution in [3.05, 3.63) is 63.0 Å². The molecule has 2 fully saturated rings. The number of hydrogen-bond donors (Lipinski definition) is 1. The molecule has 210 valence electrons. The van der Waals surface area contributed by atoms with Gasteiger partial charge < -0.3 is 14.8 Å². The number of alkyl halides is 2. The summed E-state index contributed by atoms with van der Waals surface area (Å²) in [7, 11) is -1.72. The third kappa shape index (κ3) is 5.14. The maximum Gasteiger partial charge on any atom is 0.266 e. The van der Waals surface area contributed by atoms with Gasteiger partial charge >= 0.3 is 0 Å². The van der Waals surface area contributed by atoms with Crippen LogP contribution in [0.2, 0.25) is 0 Å². The number of halogens is 3. The van der Waals surface area contributed by atoms with Crippen LogP contribution in [0, 0.1) is 12.7 Å². The van der Waals surface area contributed by atoms with Crippen LogP contribution in [0.25, 0.3) is 11.0 Å². The second-order valence-corrected chi connectivity index (χ2v) is 12.4.